The number of rotatable bonds is 3. The van der Waals surface area contributed by atoms with E-state index in [-0.39, 0.29) is 0 Å². The van der Waals surface area contributed by atoms with Crippen LogP contribution in [0.2, 0.25) is 0 Å². The summed E-state index contributed by atoms with van der Waals surface area (Å²) in [6.45, 7) is 0.747. The Morgan fingerprint density at radius 2 is 2.13 bits per heavy atom. The molecule has 0 saturated carbocycles. The minimum Gasteiger partial charge on any atom is -0.472 e. The molecular weight excluding hydrogens is 305 g/mol. The zero-order valence-corrected chi connectivity index (χ0v) is 10.4. The summed E-state index contributed by atoms with van der Waals surface area (Å²) in [6.07, 6.45) is 6.99. The van der Waals surface area contributed by atoms with E-state index in [2.05, 4.69) is 32.6 Å². The lowest BCUT2D eigenvalue weighted by Gasteiger charge is -2.15. The molecule has 0 saturated heterocycles. The second-order valence-electron chi connectivity index (χ2n) is 3.19. The van der Waals surface area contributed by atoms with Crippen LogP contribution in [0.5, 0.6) is 0 Å². The van der Waals surface area contributed by atoms with E-state index >= 15 is 0 Å². The first-order chi connectivity index (χ1) is 7.25. The van der Waals surface area contributed by atoms with E-state index in [1.54, 1.807) is 24.9 Å². The number of anilines is 1. The lowest BCUT2D eigenvalue weighted by Crippen LogP contribution is -2.18. The van der Waals surface area contributed by atoms with E-state index in [4.69, 9.17) is 4.42 Å². The Hall–Kier alpha value is -1.11. The number of halogens is 1. The SMILES string of the molecule is CN(Cc1ccoc1)c1ncc(I)cn1. The average Bonchev–Trinajstić information content (AvgIpc) is 2.71. The molecule has 0 amide bonds. The molecule has 0 N–H and O–H groups in total. The molecule has 2 aromatic heterocycles. The van der Waals surface area contributed by atoms with Crippen molar-refractivity contribution in [3.05, 3.63) is 40.1 Å². The molecule has 4 nitrogen and oxygen atoms in total. The van der Waals surface area contributed by atoms with Crippen LogP contribution in [0, 0.1) is 3.57 Å². The third-order valence-electron chi connectivity index (χ3n) is 1.95. The van der Waals surface area contributed by atoms with Crippen molar-refractivity contribution in [2.24, 2.45) is 0 Å². The maximum absolute atomic E-state index is 5.00. The van der Waals surface area contributed by atoms with Crippen LogP contribution in [-0.2, 0) is 6.54 Å². The number of hydrogen-bond donors (Lipinski definition) is 0. The predicted octanol–water partition coefficient (Wildman–Crippen LogP) is 2.31. The highest BCUT2D eigenvalue weighted by Crippen LogP contribution is 2.10. The van der Waals surface area contributed by atoms with Crippen molar-refractivity contribution >= 4 is 28.5 Å². The molecule has 0 aliphatic carbocycles. The van der Waals surface area contributed by atoms with Crippen LogP contribution in [0.3, 0.4) is 0 Å². The van der Waals surface area contributed by atoms with E-state index in [1.165, 1.54) is 0 Å². The van der Waals surface area contributed by atoms with E-state index in [0.717, 1.165) is 21.6 Å². The van der Waals surface area contributed by atoms with Gasteiger partial charge in [0.15, 0.2) is 0 Å². The zero-order valence-electron chi connectivity index (χ0n) is 8.22. The quantitative estimate of drug-likeness (QED) is 0.815. The molecule has 0 aromatic carbocycles. The third-order valence-corrected chi connectivity index (χ3v) is 2.51. The van der Waals surface area contributed by atoms with Gasteiger partial charge in [0, 0.05) is 35.1 Å². The van der Waals surface area contributed by atoms with Gasteiger partial charge in [-0.3, -0.25) is 0 Å². The van der Waals surface area contributed by atoms with Crippen LogP contribution in [0.25, 0.3) is 0 Å². The number of hydrogen-bond acceptors (Lipinski definition) is 4. The van der Waals surface area contributed by atoms with Crippen molar-refractivity contribution in [3.8, 4) is 0 Å². The molecular formula is C10H10IN3O. The largest absolute Gasteiger partial charge is 0.472 e. The van der Waals surface area contributed by atoms with Crippen molar-refractivity contribution in [3.63, 3.8) is 0 Å². The van der Waals surface area contributed by atoms with Crippen LogP contribution in [0.1, 0.15) is 5.56 Å². The highest BCUT2D eigenvalue weighted by atomic mass is 127. The van der Waals surface area contributed by atoms with Gasteiger partial charge in [-0.05, 0) is 28.7 Å². The van der Waals surface area contributed by atoms with Crippen molar-refractivity contribution < 1.29 is 4.42 Å². The smallest absolute Gasteiger partial charge is 0.225 e. The van der Waals surface area contributed by atoms with Crippen LogP contribution >= 0.6 is 22.6 Å². The minimum atomic E-state index is 0.719. The predicted molar refractivity (Wildman–Crippen MR) is 65.6 cm³/mol. The lowest BCUT2D eigenvalue weighted by atomic mass is 10.3. The first-order valence-corrected chi connectivity index (χ1v) is 5.53. The van der Waals surface area contributed by atoms with Crippen LogP contribution in [-0.4, -0.2) is 17.0 Å². The minimum absolute atomic E-state index is 0.719. The molecule has 0 bridgehead atoms. The highest BCUT2D eigenvalue weighted by molar-refractivity contribution is 14.1. The molecule has 0 spiro atoms. The first-order valence-electron chi connectivity index (χ1n) is 4.45. The molecule has 0 fully saturated rings. The summed E-state index contributed by atoms with van der Waals surface area (Å²) in [5, 5.41) is 0. The van der Waals surface area contributed by atoms with Crippen molar-refractivity contribution in [1.29, 1.82) is 0 Å². The summed E-state index contributed by atoms with van der Waals surface area (Å²) in [5.74, 6) is 0.719. The zero-order chi connectivity index (χ0) is 10.7. The summed E-state index contributed by atoms with van der Waals surface area (Å²) < 4.78 is 6.04. The molecule has 2 rings (SSSR count). The molecule has 0 unspecified atom stereocenters. The van der Waals surface area contributed by atoms with E-state index in [9.17, 15) is 0 Å². The number of aromatic nitrogens is 2. The fraction of sp³-hybridized carbons (Fsp3) is 0.200. The Balaban J connectivity index is 2.08. The normalized spacial score (nSPS) is 10.3. The summed E-state index contributed by atoms with van der Waals surface area (Å²) in [7, 11) is 1.95. The molecule has 0 aliphatic heterocycles. The van der Waals surface area contributed by atoms with E-state index < -0.39 is 0 Å². The lowest BCUT2D eigenvalue weighted by molar-refractivity contribution is 0.563. The molecule has 78 valence electrons. The van der Waals surface area contributed by atoms with Gasteiger partial charge in [-0.25, -0.2) is 9.97 Å². The van der Waals surface area contributed by atoms with Crippen LogP contribution in [0.15, 0.2) is 35.4 Å². The second kappa shape index (κ2) is 4.61. The Morgan fingerprint density at radius 3 is 2.73 bits per heavy atom. The van der Waals surface area contributed by atoms with E-state index in [0.29, 0.717) is 0 Å². The molecule has 15 heavy (non-hydrogen) atoms. The van der Waals surface area contributed by atoms with E-state index in [1.807, 2.05) is 18.0 Å². The van der Waals surface area contributed by atoms with Crippen LogP contribution < -0.4 is 4.90 Å². The highest BCUT2D eigenvalue weighted by Gasteiger charge is 2.05. The van der Waals surface area contributed by atoms with Gasteiger partial charge in [0.25, 0.3) is 0 Å². The molecule has 0 radical (unpaired) electrons. The fourth-order valence-corrected chi connectivity index (χ4v) is 1.51. The van der Waals surface area contributed by atoms with Gasteiger partial charge >= 0.3 is 0 Å². The number of furan rings is 1. The average molecular weight is 315 g/mol. The first kappa shape index (κ1) is 10.4. The van der Waals surface area contributed by atoms with Gasteiger partial charge in [0.1, 0.15) is 0 Å². The molecule has 0 atom stereocenters. The monoisotopic (exact) mass is 315 g/mol. The van der Waals surface area contributed by atoms with Gasteiger partial charge in [-0.2, -0.15) is 0 Å². The van der Waals surface area contributed by atoms with Crippen molar-refractivity contribution in [2.75, 3.05) is 11.9 Å². The maximum atomic E-state index is 5.00. The Bertz CT molecular complexity index is 413. The summed E-state index contributed by atoms with van der Waals surface area (Å²) >= 11 is 2.18. The van der Waals surface area contributed by atoms with Crippen LogP contribution in [0.4, 0.5) is 5.95 Å². The fourth-order valence-electron chi connectivity index (χ4n) is 1.23. The Morgan fingerprint density at radius 1 is 1.40 bits per heavy atom. The topological polar surface area (TPSA) is 42.2 Å². The number of nitrogens with zero attached hydrogens (tertiary/aromatic N) is 3. The molecule has 2 heterocycles. The van der Waals surface area contributed by atoms with Gasteiger partial charge in [0.05, 0.1) is 12.5 Å². The standard InChI is InChI=1S/C10H10IN3O/c1-14(6-8-2-3-15-7-8)10-12-4-9(11)5-13-10/h2-5,7H,6H2,1H3. The van der Waals surface area contributed by atoms with Gasteiger partial charge in [-0.15, -0.1) is 0 Å². The summed E-state index contributed by atoms with van der Waals surface area (Å²) in [6, 6.07) is 1.93. The maximum Gasteiger partial charge on any atom is 0.225 e. The third kappa shape index (κ3) is 2.68. The molecule has 5 heteroatoms. The van der Waals surface area contributed by atoms with Crippen molar-refractivity contribution in [1.82, 2.24) is 9.97 Å². The van der Waals surface area contributed by atoms with Gasteiger partial charge in [0.2, 0.25) is 5.95 Å². The molecule has 0 aliphatic rings. The Kier molecular flexibility index (Phi) is 3.20. The second-order valence-corrected chi connectivity index (χ2v) is 4.43. The Labute approximate surface area is 101 Å². The van der Waals surface area contributed by atoms with Gasteiger partial charge < -0.3 is 9.32 Å². The van der Waals surface area contributed by atoms with Crippen molar-refractivity contribution in [2.45, 2.75) is 6.54 Å². The summed E-state index contributed by atoms with van der Waals surface area (Å²) in [4.78, 5) is 10.4. The molecule has 2 aromatic rings. The van der Waals surface area contributed by atoms with Gasteiger partial charge in [-0.1, -0.05) is 0 Å². The summed E-state index contributed by atoms with van der Waals surface area (Å²) in [5.41, 5.74) is 1.11.